The van der Waals surface area contributed by atoms with Crippen LogP contribution >= 0.6 is 0 Å². The second-order valence-corrected chi connectivity index (χ2v) is 10.2. The van der Waals surface area contributed by atoms with Crippen LogP contribution in [0.1, 0.15) is 46.1 Å². The van der Waals surface area contributed by atoms with Gasteiger partial charge in [-0.15, -0.1) is 0 Å². The fourth-order valence-electron chi connectivity index (χ4n) is 3.24. The maximum absolute atomic E-state index is 12.9. The summed E-state index contributed by atoms with van der Waals surface area (Å²) in [5, 5.41) is 14.8. The van der Waals surface area contributed by atoms with Crippen LogP contribution in [0.5, 0.6) is 0 Å². The molecule has 0 aliphatic carbocycles. The van der Waals surface area contributed by atoms with Crippen molar-refractivity contribution in [1.29, 1.82) is 5.41 Å². The Morgan fingerprint density at radius 3 is 2.12 bits per heavy atom. The lowest BCUT2D eigenvalue weighted by Gasteiger charge is -2.23. The second kappa shape index (κ2) is 18.1. The molecule has 0 unspecified atom stereocenters. The van der Waals surface area contributed by atoms with Crippen molar-refractivity contribution in [2.75, 3.05) is 27.4 Å². The van der Waals surface area contributed by atoms with E-state index in [0.29, 0.717) is 5.56 Å². The fraction of sp³-hybridized carbons (Fsp3) is 0.536. The van der Waals surface area contributed by atoms with Crippen molar-refractivity contribution in [2.45, 2.75) is 70.9 Å². The average molecular weight is 609 g/mol. The molecule has 4 N–H and O–H groups in total. The Kier molecular flexibility index (Phi) is 15.4. The molecule has 0 fully saturated rings. The number of amides is 3. The molecule has 238 valence electrons. The highest BCUT2D eigenvalue weighted by Crippen LogP contribution is 2.08. The molecule has 0 aliphatic rings. The molecule has 1 aromatic rings. The Morgan fingerprint density at radius 1 is 0.884 bits per heavy atom. The van der Waals surface area contributed by atoms with Gasteiger partial charge in [0.2, 0.25) is 11.8 Å². The normalized spacial score (nSPS) is 12.9. The molecular weight excluding hydrogens is 568 g/mol. The zero-order valence-corrected chi connectivity index (χ0v) is 25.1. The number of ether oxygens (including phenoxy) is 5. The van der Waals surface area contributed by atoms with Crippen LogP contribution in [-0.2, 0) is 54.3 Å². The number of carbonyl (C=O) groups excluding carboxylic acids is 6. The zero-order chi connectivity index (χ0) is 32.6. The van der Waals surface area contributed by atoms with Crippen LogP contribution in [0.25, 0.3) is 0 Å². The quantitative estimate of drug-likeness (QED) is 0.117. The van der Waals surface area contributed by atoms with Gasteiger partial charge in [-0.05, 0) is 39.7 Å². The van der Waals surface area contributed by atoms with E-state index in [4.69, 9.17) is 19.6 Å². The number of alkyl carbamates (subject to hydrolysis) is 1. The van der Waals surface area contributed by atoms with Gasteiger partial charge in [0.25, 0.3) is 0 Å². The number of hydrogen-bond donors (Lipinski definition) is 4. The molecular formula is C28H40N4O11. The van der Waals surface area contributed by atoms with E-state index < -0.39 is 78.5 Å². The number of rotatable bonds is 16. The van der Waals surface area contributed by atoms with Crippen molar-refractivity contribution in [3.8, 4) is 0 Å². The number of carbonyl (C=O) groups is 6. The zero-order valence-electron chi connectivity index (χ0n) is 25.1. The number of esters is 3. The van der Waals surface area contributed by atoms with Gasteiger partial charge in [0, 0.05) is 6.42 Å². The van der Waals surface area contributed by atoms with Gasteiger partial charge in [-0.2, -0.15) is 0 Å². The molecule has 43 heavy (non-hydrogen) atoms. The van der Waals surface area contributed by atoms with Gasteiger partial charge in [0.15, 0.2) is 6.04 Å². The van der Waals surface area contributed by atoms with Crippen LogP contribution < -0.4 is 16.0 Å². The SMILES string of the molecule is COC(=O)C(=N)COC[C@H](NC(=O)CC[C@@H](NC(=O)[C@H](C)NC(=O)OC(C)(C)C)C(=O)OCc1ccccc1)C(=O)OC. The minimum Gasteiger partial charge on any atom is -0.467 e. The van der Waals surface area contributed by atoms with Gasteiger partial charge in [0.05, 0.1) is 27.4 Å². The molecule has 0 radical (unpaired) electrons. The summed E-state index contributed by atoms with van der Waals surface area (Å²) < 4.78 is 24.7. The predicted molar refractivity (Wildman–Crippen MR) is 151 cm³/mol. The van der Waals surface area contributed by atoms with Crippen molar-refractivity contribution in [3.63, 3.8) is 0 Å². The fourth-order valence-corrected chi connectivity index (χ4v) is 3.24. The molecule has 0 bridgehead atoms. The first-order chi connectivity index (χ1) is 20.2. The van der Waals surface area contributed by atoms with Crippen LogP contribution in [0, 0.1) is 5.41 Å². The third-order valence-electron chi connectivity index (χ3n) is 5.40. The van der Waals surface area contributed by atoms with Crippen molar-refractivity contribution in [3.05, 3.63) is 35.9 Å². The van der Waals surface area contributed by atoms with Crippen LogP contribution in [0.3, 0.4) is 0 Å². The number of hydrogen-bond acceptors (Lipinski definition) is 12. The topological polar surface area (TPSA) is 209 Å². The lowest BCUT2D eigenvalue weighted by molar-refractivity contribution is -0.150. The summed E-state index contributed by atoms with van der Waals surface area (Å²) in [5.41, 5.74) is -0.603. The Hall–Kier alpha value is -4.53. The van der Waals surface area contributed by atoms with Crippen molar-refractivity contribution < 1.29 is 52.5 Å². The third-order valence-corrected chi connectivity index (χ3v) is 5.40. The molecule has 3 atom stereocenters. The second-order valence-electron chi connectivity index (χ2n) is 10.2. The molecule has 15 nitrogen and oxygen atoms in total. The van der Waals surface area contributed by atoms with E-state index in [0.717, 1.165) is 14.2 Å². The van der Waals surface area contributed by atoms with E-state index >= 15 is 0 Å². The molecule has 0 saturated heterocycles. The molecule has 0 aromatic heterocycles. The van der Waals surface area contributed by atoms with Crippen molar-refractivity contribution >= 4 is 41.5 Å². The summed E-state index contributed by atoms with van der Waals surface area (Å²) >= 11 is 0. The highest BCUT2D eigenvalue weighted by molar-refractivity contribution is 6.35. The van der Waals surface area contributed by atoms with E-state index in [9.17, 15) is 28.8 Å². The monoisotopic (exact) mass is 608 g/mol. The minimum atomic E-state index is -1.29. The summed E-state index contributed by atoms with van der Waals surface area (Å²) in [6.07, 6.45) is -1.41. The molecule has 0 aliphatic heterocycles. The van der Waals surface area contributed by atoms with Gasteiger partial charge < -0.3 is 39.6 Å². The Balaban J connectivity index is 2.87. The summed E-state index contributed by atoms with van der Waals surface area (Å²) in [6, 6.07) is 5.11. The number of benzene rings is 1. The Morgan fingerprint density at radius 2 is 1.53 bits per heavy atom. The summed E-state index contributed by atoms with van der Waals surface area (Å²) in [4.78, 5) is 74.0. The van der Waals surface area contributed by atoms with Crippen molar-refractivity contribution in [2.24, 2.45) is 0 Å². The molecule has 3 amide bonds. The van der Waals surface area contributed by atoms with E-state index in [1.807, 2.05) is 0 Å². The molecule has 0 heterocycles. The van der Waals surface area contributed by atoms with Crippen LogP contribution in [0.4, 0.5) is 4.79 Å². The maximum Gasteiger partial charge on any atom is 0.408 e. The van der Waals surface area contributed by atoms with Crippen LogP contribution in [-0.4, -0.2) is 92.7 Å². The predicted octanol–water partition coefficient (Wildman–Crippen LogP) is 0.775. The van der Waals surface area contributed by atoms with Gasteiger partial charge in [-0.3, -0.25) is 15.0 Å². The highest BCUT2D eigenvalue weighted by Gasteiger charge is 2.29. The smallest absolute Gasteiger partial charge is 0.408 e. The van der Waals surface area contributed by atoms with E-state index in [2.05, 4.69) is 25.4 Å². The standard InChI is InChI=1S/C28H40N4O11/c1-17(30-27(38)43-28(2,3)4)23(34)32-20(26(37)42-14-18-10-8-7-9-11-18)12-13-22(33)31-21(25(36)40-6)16-41-15-19(29)24(35)39-5/h7-11,17,20-21,29H,12-16H2,1-6H3,(H,30,38)(H,31,33)(H,32,34)/t17-,20+,21-/m0/s1. The van der Waals surface area contributed by atoms with Crippen LogP contribution in [0.2, 0.25) is 0 Å². The van der Waals surface area contributed by atoms with Crippen molar-refractivity contribution in [1.82, 2.24) is 16.0 Å². The highest BCUT2D eigenvalue weighted by atomic mass is 16.6. The van der Waals surface area contributed by atoms with Gasteiger partial charge >= 0.3 is 24.0 Å². The van der Waals surface area contributed by atoms with Crippen LogP contribution in [0.15, 0.2) is 30.3 Å². The van der Waals surface area contributed by atoms with E-state index in [-0.39, 0.29) is 19.4 Å². The molecule has 0 saturated carbocycles. The third kappa shape index (κ3) is 14.8. The van der Waals surface area contributed by atoms with Gasteiger partial charge in [0.1, 0.15) is 30.0 Å². The molecule has 0 spiro atoms. The number of nitrogens with one attached hydrogen (secondary N) is 4. The summed E-state index contributed by atoms with van der Waals surface area (Å²) in [5.74, 6) is -4.03. The first kappa shape index (κ1) is 36.5. The number of methoxy groups -OCH3 is 2. The van der Waals surface area contributed by atoms with Gasteiger partial charge in [-0.1, -0.05) is 30.3 Å². The lowest BCUT2D eigenvalue weighted by atomic mass is 10.1. The summed E-state index contributed by atoms with van der Waals surface area (Å²) in [7, 11) is 2.19. The molecule has 15 heteroatoms. The Labute approximate surface area is 249 Å². The van der Waals surface area contributed by atoms with E-state index in [1.54, 1.807) is 51.1 Å². The minimum absolute atomic E-state index is 0.0910. The average Bonchev–Trinajstić information content (AvgIpc) is 2.95. The van der Waals surface area contributed by atoms with E-state index in [1.165, 1.54) is 6.92 Å². The molecule has 1 rings (SSSR count). The lowest BCUT2D eigenvalue weighted by Crippen LogP contribution is -2.51. The largest absolute Gasteiger partial charge is 0.467 e. The maximum atomic E-state index is 12.9. The first-order valence-electron chi connectivity index (χ1n) is 13.3. The molecule has 1 aromatic carbocycles. The van der Waals surface area contributed by atoms with Gasteiger partial charge in [-0.25, -0.2) is 19.2 Å². The Bertz CT molecular complexity index is 1140. The summed E-state index contributed by atoms with van der Waals surface area (Å²) in [6.45, 7) is 5.37. The first-order valence-corrected chi connectivity index (χ1v) is 13.3.